The van der Waals surface area contributed by atoms with Gasteiger partial charge in [-0.1, -0.05) is 33.0 Å². The Kier molecular flexibility index (Phi) is 14.8. The van der Waals surface area contributed by atoms with Crippen molar-refractivity contribution in [3.05, 3.63) is 96.1 Å². The number of aliphatic hydroxyl groups is 4. The van der Waals surface area contributed by atoms with Crippen LogP contribution in [-0.4, -0.2) is 165 Å². The molecule has 8 atom stereocenters. The maximum atomic E-state index is 13.8. The van der Waals surface area contributed by atoms with E-state index in [4.69, 9.17) is 18.9 Å². The lowest BCUT2D eigenvalue weighted by atomic mass is 10.1. The normalized spacial score (nSPS) is 23.5. The molecule has 8 rings (SSSR count). The van der Waals surface area contributed by atoms with E-state index in [1.165, 1.54) is 33.6 Å². The van der Waals surface area contributed by atoms with Gasteiger partial charge in [0.1, 0.15) is 35.0 Å². The first-order valence-corrected chi connectivity index (χ1v) is 22.6. The summed E-state index contributed by atoms with van der Waals surface area (Å²) >= 11 is 0. The van der Waals surface area contributed by atoms with Gasteiger partial charge in [0.05, 0.1) is 136 Å². The number of hydrogen-bond acceptors (Lipinski definition) is 20. The molecule has 0 unspecified atom stereocenters. The summed E-state index contributed by atoms with van der Waals surface area (Å²) in [6.07, 6.45) is 3.09. The number of aromatic nitrogens is 12. The first-order valence-electron chi connectivity index (χ1n) is 21.1. The Hall–Kier alpha value is -5.45. The molecule has 2 aliphatic rings. The van der Waals surface area contributed by atoms with Crippen LogP contribution in [0.25, 0.3) is 11.4 Å². The molecule has 2 aliphatic heterocycles. The minimum atomic E-state index is -3.95. The Morgan fingerprint density at radius 2 is 0.985 bits per heavy atom. The standard InChI is InChI=1S/C40H52N14O10S/c1-25-37(55)39(57)35(41-25)33-21-51(47-45-33)9-11-61-13-15-63-23-27-19-53(49-43-27)29-5-3-7-31(17-29)65(59,60)32-8-4-6-30(18-32)54-20-28(44-50-54)24-64-16-14-62-12-10-52-22-34(46-48-52)36-40(58)38(56)26(2)42-36/h3-8,17-22,25-26,35-42,55-58H,9-16,23-24H2,1-2H3/t25-,26-,35-,36-,37+,38+,39-,40-/m0/s1. The molecule has 6 aromatic rings. The van der Waals surface area contributed by atoms with E-state index in [0.29, 0.717) is 86.9 Å². The number of aliphatic hydroxyl groups excluding tert-OH is 4. The van der Waals surface area contributed by atoms with Gasteiger partial charge < -0.3 is 50.0 Å². The lowest BCUT2D eigenvalue weighted by Crippen LogP contribution is -2.29. The van der Waals surface area contributed by atoms with Crippen LogP contribution >= 0.6 is 0 Å². The Bertz CT molecular complexity index is 2420. The molecular weight excluding hydrogens is 869 g/mol. The van der Waals surface area contributed by atoms with Gasteiger partial charge in [-0.15, -0.1) is 20.4 Å². The summed E-state index contributed by atoms with van der Waals surface area (Å²) < 4.78 is 56.6. The predicted molar refractivity (Wildman–Crippen MR) is 224 cm³/mol. The van der Waals surface area contributed by atoms with E-state index in [1.54, 1.807) is 72.3 Å². The third kappa shape index (κ3) is 11.0. The van der Waals surface area contributed by atoms with Gasteiger partial charge in [-0.2, -0.15) is 0 Å². The molecule has 0 aliphatic carbocycles. The second-order valence-corrected chi connectivity index (χ2v) is 17.7. The summed E-state index contributed by atoms with van der Waals surface area (Å²) in [5.41, 5.74) is 3.17. The van der Waals surface area contributed by atoms with Gasteiger partial charge >= 0.3 is 0 Å². The van der Waals surface area contributed by atoms with Gasteiger partial charge in [0.2, 0.25) is 9.84 Å². The van der Waals surface area contributed by atoms with Crippen LogP contribution in [0.1, 0.15) is 48.7 Å². The van der Waals surface area contributed by atoms with E-state index in [-0.39, 0.29) is 35.1 Å². The first-order chi connectivity index (χ1) is 31.4. The zero-order valence-electron chi connectivity index (χ0n) is 35.6. The molecule has 25 heteroatoms. The average molecular weight is 921 g/mol. The Labute approximate surface area is 373 Å². The third-order valence-electron chi connectivity index (χ3n) is 11.1. The van der Waals surface area contributed by atoms with Crippen molar-refractivity contribution < 1.29 is 47.8 Å². The molecule has 6 N–H and O–H groups in total. The van der Waals surface area contributed by atoms with Crippen LogP contribution in [0.2, 0.25) is 0 Å². The summed E-state index contributed by atoms with van der Waals surface area (Å²) in [6, 6.07) is 11.3. The summed E-state index contributed by atoms with van der Waals surface area (Å²) in [5, 5.41) is 79.8. The van der Waals surface area contributed by atoms with Gasteiger partial charge in [-0.3, -0.25) is 0 Å². The zero-order chi connectivity index (χ0) is 45.5. The third-order valence-corrected chi connectivity index (χ3v) is 12.8. The fourth-order valence-corrected chi connectivity index (χ4v) is 8.75. The van der Waals surface area contributed by atoms with E-state index < -0.39 is 46.3 Å². The Morgan fingerprint density at radius 3 is 1.40 bits per heavy atom. The highest BCUT2D eigenvalue weighted by atomic mass is 32.2. The van der Waals surface area contributed by atoms with E-state index in [9.17, 15) is 28.8 Å². The molecule has 0 bridgehead atoms. The first kappa shape index (κ1) is 46.1. The van der Waals surface area contributed by atoms with Crippen molar-refractivity contribution in [2.75, 3.05) is 39.6 Å². The van der Waals surface area contributed by atoms with Crippen molar-refractivity contribution in [2.45, 2.75) is 98.5 Å². The quantitative estimate of drug-likeness (QED) is 0.0438. The molecule has 4 aromatic heterocycles. The lowest BCUT2D eigenvalue weighted by Gasteiger charge is -2.12. The number of rotatable bonds is 22. The monoisotopic (exact) mass is 920 g/mol. The summed E-state index contributed by atoms with van der Waals surface area (Å²) in [6.45, 7) is 6.76. The maximum Gasteiger partial charge on any atom is 0.206 e. The summed E-state index contributed by atoms with van der Waals surface area (Å²) in [5.74, 6) is 0. The number of nitrogens with zero attached hydrogens (tertiary/aromatic N) is 12. The van der Waals surface area contributed by atoms with Crippen molar-refractivity contribution in [2.24, 2.45) is 0 Å². The van der Waals surface area contributed by atoms with Gasteiger partial charge in [0, 0.05) is 12.1 Å². The SMILES string of the molecule is C[C@@H]1N[C@@H](c2cn(CCOCCOCc3cn(-c4cccc(S(=O)(=O)c5cccc(-n6cc(COCCOCCn7cc([C@@H]8N[C@@H](C)[C@@H](O)[C@H]8O)nn7)nn6)c5)c4)nn3)nn2)[C@H](O)[C@@H]1O. The molecule has 65 heavy (non-hydrogen) atoms. The Balaban J connectivity index is 0.747. The number of ether oxygens (including phenoxy) is 4. The summed E-state index contributed by atoms with van der Waals surface area (Å²) in [7, 11) is -3.95. The summed E-state index contributed by atoms with van der Waals surface area (Å²) in [4.78, 5) is 0.136. The number of nitrogens with one attached hydrogen (secondary N) is 2. The molecule has 348 valence electrons. The highest BCUT2D eigenvalue weighted by Crippen LogP contribution is 2.28. The average Bonchev–Trinajstić information content (AvgIpc) is 4.20. The zero-order valence-corrected chi connectivity index (χ0v) is 36.4. The topological polar surface area (TPSA) is 299 Å². The predicted octanol–water partition coefficient (Wildman–Crippen LogP) is -1.16. The Morgan fingerprint density at radius 1 is 0.554 bits per heavy atom. The lowest BCUT2D eigenvalue weighted by molar-refractivity contribution is 0.0295. The van der Waals surface area contributed by atoms with Crippen molar-refractivity contribution in [1.29, 1.82) is 0 Å². The van der Waals surface area contributed by atoms with Crippen molar-refractivity contribution in [3.63, 3.8) is 0 Å². The van der Waals surface area contributed by atoms with E-state index in [2.05, 4.69) is 51.9 Å². The van der Waals surface area contributed by atoms with Gasteiger partial charge in [0.25, 0.3) is 0 Å². The minimum absolute atomic E-state index is 0.0680. The molecule has 24 nitrogen and oxygen atoms in total. The molecule has 2 aromatic carbocycles. The van der Waals surface area contributed by atoms with Crippen LogP contribution in [0.15, 0.2) is 83.1 Å². The van der Waals surface area contributed by atoms with Crippen molar-refractivity contribution >= 4 is 9.84 Å². The second kappa shape index (κ2) is 20.8. The van der Waals surface area contributed by atoms with Crippen LogP contribution in [0.3, 0.4) is 0 Å². The van der Waals surface area contributed by atoms with Crippen LogP contribution in [-0.2, 0) is 55.1 Å². The van der Waals surface area contributed by atoms with Crippen LogP contribution < -0.4 is 10.6 Å². The van der Waals surface area contributed by atoms with Gasteiger partial charge in [0.15, 0.2) is 0 Å². The smallest absolute Gasteiger partial charge is 0.206 e. The fourth-order valence-electron chi connectivity index (χ4n) is 7.41. The van der Waals surface area contributed by atoms with Gasteiger partial charge in [-0.25, -0.2) is 27.1 Å². The minimum Gasteiger partial charge on any atom is -0.389 e. The molecule has 0 radical (unpaired) electrons. The molecule has 2 fully saturated rings. The number of sulfone groups is 1. The van der Waals surface area contributed by atoms with E-state index in [0.717, 1.165) is 0 Å². The molecule has 6 heterocycles. The van der Waals surface area contributed by atoms with Crippen molar-refractivity contribution in [1.82, 2.24) is 70.6 Å². The molecular formula is C40H52N14O10S. The van der Waals surface area contributed by atoms with Crippen LogP contribution in [0.5, 0.6) is 0 Å². The fraction of sp³-hybridized carbons (Fsp3) is 0.500. The van der Waals surface area contributed by atoms with Crippen LogP contribution in [0.4, 0.5) is 0 Å². The largest absolute Gasteiger partial charge is 0.389 e. The number of hydrogen-bond donors (Lipinski definition) is 6. The molecule has 0 saturated carbocycles. The highest BCUT2D eigenvalue weighted by Gasteiger charge is 2.41. The molecule has 0 spiro atoms. The molecule has 0 amide bonds. The number of benzene rings is 2. The van der Waals surface area contributed by atoms with Crippen LogP contribution in [0, 0.1) is 0 Å². The second-order valence-electron chi connectivity index (χ2n) is 15.8. The molecule has 2 saturated heterocycles. The van der Waals surface area contributed by atoms with Crippen molar-refractivity contribution in [3.8, 4) is 11.4 Å². The maximum absolute atomic E-state index is 13.8. The highest BCUT2D eigenvalue weighted by molar-refractivity contribution is 7.91. The van der Waals surface area contributed by atoms with Gasteiger partial charge in [-0.05, 0) is 50.2 Å². The van der Waals surface area contributed by atoms with E-state index >= 15 is 0 Å². The van der Waals surface area contributed by atoms with E-state index in [1.807, 2.05) is 0 Å².